The Morgan fingerprint density at radius 2 is 2.03 bits per heavy atom. The maximum atomic E-state index is 12.4. The van der Waals surface area contributed by atoms with Crippen LogP contribution in [0.2, 0.25) is 0 Å². The van der Waals surface area contributed by atoms with Crippen LogP contribution in [0.15, 0.2) is 29.4 Å². The highest BCUT2D eigenvalue weighted by Crippen LogP contribution is 2.26. The molecule has 4 rings (SSSR count). The van der Waals surface area contributed by atoms with Crippen molar-refractivity contribution < 1.29 is 4.79 Å². The van der Waals surface area contributed by atoms with E-state index in [1.54, 1.807) is 0 Å². The highest BCUT2D eigenvalue weighted by molar-refractivity contribution is 14.0. The van der Waals surface area contributed by atoms with Crippen molar-refractivity contribution in [3.63, 3.8) is 0 Å². The molecule has 0 bridgehead atoms. The van der Waals surface area contributed by atoms with Crippen molar-refractivity contribution in [3.8, 4) is 0 Å². The van der Waals surface area contributed by atoms with Gasteiger partial charge in [-0.25, -0.2) is 0 Å². The van der Waals surface area contributed by atoms with Crippen LogP contribution in [-0.2, 0) is 11.2 Å². The lowest BCUT2D eigenvalue weighted by molar-refractivity contribution is -0.126. The van der Waals surface area contributed by atoms with Crippen molar-refractivity contribution in [2.24, 2.45) is 10.9 Å². The first-order valence-electron chi connectivity index (χ1n) is 10.9. The Hall–Kier alpha value is -1.91. The fourth-order valence-electron chi connectivity index (χ4n) is 3.95. The Balaban J connectivity index is 0.00000256. The fraction of sp³-hybridized carbons (Fsp3) is 0.619. The van der Waals surface area contributed by atoms with Gasteiger partial charge in [0.25, 0.3) is 0 Å². The summed E-state index contributed by atoms with van der Waals surface area (Å²) in [6, 6.07) is 6.60. The van der Waals surface area contributed by atoms with Gasteiger partial charge in [-0.3, -0.25) is 14.2 Å². The highest BCUT2D eigenvalue weighted by Gasteiger charge is 2.31. The molecule has 0 aromatic carbocycles. The van der Waals surface area contributed by atoms with E-state index in [9.17, 15) is 4.79 Å². The zero-order valence-electron chi connectivity index (χ0n) is 17.5. The second-order valence-corrected chi connectivity index (χ2v) is 8.04. The number of hydrogen-bond acceptors (Lipinski definition) is 4. The van der Waals surface area contributed by atoms with Gasteiger partial charge in [0.05, 0.1) is 0 Å². The molecule has 2 heterocycles. The standard InChI is InChI=1S/C21H31N7O.HI/c1-2-22-21(23-12-11-19-27-26-18-8-3-4-13-28(18)19)25-17-7-5-6-15(14-17)20(29)24-16-9-10-16;/h3-4,8,13,15-17H,2,5-7,9-12,14H2,1H3,(H,24,29)(H2,22,23,25);1H. The topological polar surface area (TPSA) is 95.7 Å². The molecule has 2 aliphatic carbocycles. The van der Waals surface area contributed by atoms with E-state index in [0.29, 0.717) is 12.6 Å². The number of carbonyl (C=O) groups excluding carboxylic acids is 1. The SMILES string of the molecule is CCNC(=NCCc1nnc2ccccn12)NC1CCCC(C(=O)NC2CC2)C1.I. The first-order chi connectivity index (χ1) is 14.2. The van der Waals surface area contributed by atoms with Crippen molar-refractivity contribution in [1.29, 1.82) is 0 Å². The van der Waals surface area contributed by atoms with Gasteiger partial charge in [0.1, 0.15) is 5.82 Å². The number of fused-ring (bicyclic) bond motifs is 1. The number of hydrogen-bond donors (Lipinski definition) is 3. The van der Waals surface area contributed by atoms with E-state index in [2.05, 4.69) is 33.1 Å². The number of carbonyl (C=O) groups is 1. The van der Waals surface area contributed by atoms with Gasteiger partial charge in [0.2, 0.25) is 5.91 Å². The van der Waals surface area contributed by atoms with Gasteiger partial charge in [-0.15, -0.1) is 34.2 Å². The number of pyridine rings is 1. The minimum absolute atomic E-state index is 0. The van der Waals surface area contributed by atoms with Crippen LogP contribution >= 0.6 is 24.0 Å². The molecule has 2 unspecified atom stereocenters. The zero-order valence-corrected chi connectivity index (χ0v) is 19.8. The number of nitrogens with one attached hydrogen (secondary N) is 3. The molecular formula is C21H32IN7O. The van der Waals surface area contributed by atoms with Crippen molar-refractivity contribution >= 4 is 41.5 Å². The van der Waals surface area contributed by atoms with Crippen molar-refractivity contribution in [3.05, 3.63) is 30.2 Å². The number of amides is 1. The second kappa shape index (κ2) is 10.9. The average Bonchev–Trinajstić information content (AvgIpc) is 3.46. The average molecular weight is 525 g/mol. The molecule has 1 amide bonds. The number of rotatable bonds is 7. The summed E-state index contributed by atoms with van der Waals surface area (Å²) in [5.41, 5.74) is 0.856. The highest BCUT2D eigenvalue weighted by atomic mass is 127. The Bertz CT molecular complexity index is 864. The predicted octanol–water partition coefficient (Wildman–Crippen LogP) is 2.28. The monoisotopic (exact) mass is 525 g/mol. The number of guanidine groups is 1. The van der Waals surface area contributed by atoms with Gasteiger partial charge in [0.15, 0.2) is 11.6 Å². The van der Waals surface area contributed by atoms with Gasteiger partial charge in [-0.2, -0.15) is 0 Å². The van der Waals surface area contributed by atoms with E-state index in [-0.39, 0.29) is 41.8 Å². The number of halogens is 1. The van der Waals surface area contributed by atoms with E-state index in [1.807, 2.05) is 28.8 Å². The minimum Gasteiger partial charge on any atom is -0.357 e. The lowest BCUT2D eigenvalue weighted by atomic mass is 9.85. The molecule has 2 aromatic rings. The van der Waals surface area contributed by atoms with Crippen LogP contribution in [0.3, 0.4) is 0 Å². The van der Waals surface area contributed by atoms with Crippen molar-refractivity contribution in [2.75, 3.05) is 13.1 Å². The van der Waals surface area contributed by atoms with Crippen LogP contribution in [0, 0.1) is 5.92 Å². The van der Waals surface area contributed by atoms with Crippen LogP contribution in [0.25, 0.3) is 5.65 Å². The predicted molar refractivity (Wildman–Crippen MR) is 128 cm³/mol. The molecule has 164 valence electrons. The van der Waals surface area contributed by atoms with E-state index >= 15 is 0 Å². The molecule has 2 aliphatic rings. The smallest absolute Gasteiger partial charge is 0.223 e. The Morgan fingerprint density at radius 1 is 1.17 bits per heavy atom. The van der Waals surface area contributed by atoms with E-state index < -0.39 is 0 Å². The molecule has 2 saturated carbocycles. The first-order valence-corrected chi connectivity index (χ1v) is 10.9. The Morgan fingerprint density at radius 3 is 2.83 bits per heavy atom. The quantitative estimate of drug-likeness (QED) is 0.293. The van der Waals surface area contributed by atoms with Crippen molar-refractivity contribution in [2.45, 2.75) is 64.0 Å². The summed E-state index contributed by atoms with van der Waals surface area (Å²) in [7, 11) is 0. The van der Waals surface area contributed by atoms with E-state index in [0.717, 1.165) is 68.9 Å². The Labute approximate surface area is 194 Å². The summed E-state index contributed by atoms with van der Waals surface area (Å²) < 4.78 is 2.00. The van der Waals surface area contributed by atoms with Crippen molar-refractivity contribution in [1.82, 2.24) is 30.5 Å². The summed E-state index contributed by atoms with van der Waals surface area (Å²) >= 11 is 0. The second-order valence-electron chi connectivity index (χ2n) is 8.04. The lowest BCUT2D eigenvalue weighted by Crippen LogP contribution is -2.47. The molecule has 9 heteroatoms. The van der Waals surface area contributed by atoms with Gasteiger partial charge in [0, 0.05) is 43.7 Å². The molecule has 0 radical (unpaired) electrons. The third kappa shape index (κ3) is 6.05. The maximum Gasteiger partial charge on any atom is 0.223 e. The summed E-state index contributed by atoms with van der Waals surface area (Å²) in [6.07, 6.45) is 8.99. The van der Waals surface area contributed by atoms with Crippen LogP contribution in [-0.4, -0.2) is 51.6 Å². The minimum atomic E-state index is 0. The number of aliphatic imine (C=N–C) groups is 1. The third-order valence-electron chi connectivity index (χ3n) is 5.64. The van der Waals surface area contributed by atoms with Gasteiger partial charge < -0.3 is 16.0 Å². The normalized spacial score (nSPS) is 21.7. The molecular weight excluding hydrogens is 493 g/mol. The molecule has 30 heavy (non-hydrogen) atoms. The number of aromatic nitrogens is 3. The molecule has 0 aliphatic heterocycles. The van der Waals surface area contributed by atoms with Gasteiger partial charge in [-0.05, 0) is 51.2 Å². The number of nitrogens with zero attached hydrogens (tertiary/aromatic N) is 4. The largest absolute Gasteiger partial charge is 0.357 e. The molecule has 0 saturated heterocycles. The van der Waals surface area contributed by atoms with Crippen LogP contribution in [0.5, 0.6) is 0 Å². The third-order valence-corrected chi connectivity index (χ3v) is 5.64. The van der Waals surface area contributed by atoms with Gasteiger partial charge >= 0.3 is 0 Å². The molecule has 8 nitrogen and oxygen atoms in total. The van der Waals surface area contributed by atoms with E-state index in [1.165, 1.54) is 0 Å². The summed E-state index contributed by atoms with van der Waals surface area (Å²) in [5.74, 6) is 2.08. The molecule has 0 spiro atoms. The molecule has 2 atom stereocenters. The fourth-order valence-corrected chi connectivity index (χ4v) is 3.95. The van der Waals surface area contributed by atoms with E-state index in [4.69, 9.17) is 4.99 Å². The summed E-state index contributed by atoms with van der Waals surface area (Å²) in [6.45, 7) is 3.50. The first kappa shape index (κ1) is 22.8. The summed E-state index contributed by atoms with van der Waals surface area (Å²) in [4.78, 5) is 17.1. The lowest BCUT2D eigenvalue weighted by Gasteiger charge is -2.30. The maximum absolute atomic E-state index is 12.4. The molecule has 2 fully saturated rings. The van der Waals surface area contributed by atoms with Crippen LogP contribution < -0.4 is 16.0 Å². The van der Waals surface area contributed by atoms with Crippen LogP contribution in [0.4, 0.5) is 0 Å². The van der Waals surface area contributed by atoms with Crippen LogP contribution in [0.1, 0.15) is 51.3 Å². The molecule has 2 aromatic heterocycles. The Kier molecular flexibility index (Phi) is 8.29. The molecule has 3 N–H and O–H groups in total. The zero-order chi connectivity index (χ0) is 20.1. The summed E-state index contributed by atoms with van der Waals surface area (Å²) in [5, 5.41) is 18.5. The van der Waals surface area contributed by atoms with Gasteiger partial charge in [-0.1, -0.05) is 12.5 Å².